The Morgan fingerprint density at radius 2 is 0.727 bits per heavy atom. The summed E-state index contributed by atoms with van der Waals surface area (Å²) in [5.41, 5.74) is 0. The van der Waals surface area contributed by atoms with Gasteiger partial charge in [-0.1, -0.05) is 0 Å². The van der Waals surface area contributed by atoms with Gasteiger partial charge in [0.1, 0.15) is 0 Å². The Labute approximate surface area is 197 Å². The maximum absolute atomic E-state index is 3.09. The van der Waals surface area contributed by atoms with Crippen molar-refractivity contribution in [2.75, 3.05) is 0 Å². The zero-order valence-corrected chi connectivity index (χ0v) is 20.2. The van der Waals surface area contributed by atoms with E-state index in [0.29, 0.717) is 0 Å². The normalized spacial score (nSPS) is 11.6. The van der Waals surface area contributed by atoms with Crippen molar-refractivity contribution in [2.24, 2.45) is 0 Å². The Balaban J connectivity index is 1.87. The molecule has 0 amide bonds. The van der Waals surface area contributed by atoms with E-state index in [-0.39, 0.29) is 0 Å². The minimum atomic E-state index is -3.09. The van der Waals surface area contributed by atoms with Gasteiger partial charge in [-0.25, -0.2) is 0 Å². The van der Waals surface area contributed by atoms with Crippen molar-refractivity contribution in [2.45, 2.75) is 0 Å². The Hall–Kier alpha value is -3.60. The molecule has 0 nitrogen and oxygen atoms in total. The quantitative estimate of drug-likeness (QED) is 0.234. The third-order valence-corrected chi connectivity index (χ3v) is 15.6. The second kappa shape index (κ2) is 8.39. The molecular weight excluding hydrogens is 459 g/mol. The first-order valence-electron chi connectivity index (χ1n) is 11.4. The molecule has 0 spiro atoms. The summed E-state index contributed by atoms with van der Waals surface area (Å²) in [5, 5.41) is 5.32. The summed E-state index contributed by atoms with van der Waals surface area (Å²) >= 11 is -3.09. The van der Waals surface area contributed by atoms with E-state index in [0.717, 1.165) is 0 Å². The van der Waals surface area contributed by atoms with Crippen molar-refractivity contribution in [3.05, 3.63) is 146 Å². The van der Waals surface area contributed by atoms with Crippen LogP contribution in [0.15, 0.2) is 146 Å². The molecule has 1 heteroatoms. The van der Waals surface area contributed by atoms with Crippen LogP contribution in [0.1, 0.15) is 0 Å². The molecule has 0 aliphatic rings. The third kappa shape index (κ3) is 3.22. The zero-order chi connectivity index (χ0) is 22.1. The van der Waals surface area contributed by atoms with Gasteiger partial charge >= 0.3 is 198 Å². The van der Waals surface area contributed by atoms with Crippen molar-refractivity contribution in [3.63, 3.8) is 0 Å². The predicted molar refractivity (Wildman–Crippen MR) is 145 cm³/mol. The fourth-order valence-corrected chi connectivity index (χ4v) is 14.5. The van der Waals surface area contributed by atoms with Crippen LogP contribution < -0.4 is 17.4 Å². The summed E-state index contributed by atoms with van der Waals surface area (Å²) in [6.45, 7) is 0. The van der Waals surface area contributed by atoms with Crippen LogP contribution in [0.2, 0.25) is 0 Å². The van der Waals surface area contributed by atoms with Gasteiger partial charge in [0, 0.05) is 0 Å². The van der Waals surface area contributed by atoms with E-state index in [9.17, 15) is 0 Å². The maximum atomic E-state index is 2.48. The first-order valence-corrected chi connectivity index (χ1v) is 15.1. The van der Waals surface area contributed by atoms with Gasteiger partial charge in [-0.3, -0.25) is 0 Å². The van der Waals surface area contributed by atoms with Crippen LogP contribution in [0.5, 0.6) is 0 Å². The molecule has 0 fully saturated rings. The summed E-state index contributed by atoms with van der Waals surface area (Å²) in [6.07, 6.45) is 0. The molecule has 6 rings (SSSR count). The molecule has 0 unspecified atom stereocenters. The van der Waals surface area contributed by atoms with E-state index in [4.69, 9.17) is 0 Å². The van der Waals surface area contributed by atoms with Crippen LogP contribution in [-0.2, 0) is 0 Å². The van der Waals surface area contributed by atoms with Crippen LogP contribution in [0.3, 0.4) is 0 Å². The number of benzene rings is 6. The molecule has 0 radical (unpaired) electrons. The van der Waals surface area contributed by atoms with Crippen LogP contribution >= 0.6 is 0 Å². The molecule has 33 heavy (non-hydrogen) atoms. The van der Waals surface area contributed by atoms with Crippen LogP contribution in [-0.4, -0.2) is 13.6 Å². The fraction of sp³-hybridized carbons (Fsp3) is 0. The Bertz CT molecular complexity index is 1440. The van der Waals surface area contributed by atoms with Crippen LogP contribution in [0, 0.1) is 0 Å². The third-order valence-electron chi connectivity index (χ3n) is 6.54. The Morgan fingerprint density at radius 3 is 1.24 bits per heavy atom. The molecule has 0 bridgehead atoms. The van der Waals surface area contributed by atoms with E-state index in [1.165, 1.54) is 38.9 Å². The van der Waals surface area contributed by atoms with Gasteiger partial charge in [-0.15, -0.1) is 0 Å². The van der Waals surface area contributed by atoms with Crippen LogP contribution in [0.25, 0.3) is 21.5 Å². The van der Waals surface area contributed by atoms with Crippen molar-refractivity contribution in [1.29, 1.82) is 0 Å². The molecule has 0 saturated heterocycles. The molecule has 0 aliphatic heterocycles. The van der Waals surface area contributed by atoms with E-state index in [1.807, 2.05) is 0 Å². The summed E-state index contributed by atoms with van der Waals surface area (Å²) in [6, 6.07) is 53.9. The first-order chi connectivity index (χ1) is 16.4. The number of fused-ring (bicyclic) bond motifs is 3. The standard InChI is InChI=1S/C32H24As/c1-4-15-26(16-5-1)33(27-17-6-2-7-18-27,28-19-8-3-9-20-28)32-24-25-14-10-11-21-29(25)30-22-12-13-23-31(30)32/h1-24H/q+1. The van der Waals surface area contributed by atoms with Gasteiger partial charge in [0.25, 0.3) is 0 Å². The average Bonchev–Trinajstić information content (AvgIpc) is 2.91. The minimum absolute atomic E-state index is 1.31. The Morgan fingerprint density at radius 1 is 0.333 bits per heavy atom. The number of hydrogen-bond acceptors (Lipinski definition) is 0. The summed E-state index contributed by atoms with van der Waals surface area (Å²) in [4.78, 5) is 0. The van der Waals surface area contributed by atoms with Gasteiger partial charge in [0.2, 0.25) is 0 Å². The number of hydrogen-bond donors (Lipinski definition) is 0. The number of rotatable bonds is 4. The SMILES string of the molecule is c1ccc([As+](c2ccccc2)(c2ccccc2)c2cc3ccccc3c3ccccc23)cc1. The van der Waals surface area contributed by atoms with E-state index < -0.39 is 13.6 Å². The predicted octanol–water partition coefficient (Wildman–Crippen LogP) is 5.37. The molecule has 0 aromatic heterocycles. The summed E-state index contributed by atoms with van der Waals surface area (Å²) < 4.78 is 5.79. The molecule has 0 atom stereocenters. The van der Waals surface area contributed by atoms with Crippen LogP contribution in [0.4, 0.5) is 0 Å². The van der Waals surface area contributed by atoms with Gasteiger partial charge in [0.15, 0.2) is 0 Å². The monoisotopic (exact) mass is 483 g/mol. The van der Waals surface area contributed by atoms with E-state index >= 15 is 0 Å². The molecule has 0 N–H and O–H groups in total. The summed E-state index contributed by atoms with van der Waals surface area (Å²) in [5.74, 6) is 0. The zero-order valence-electron chi connectivity index (χ0n) is 18.3. The molecule has 0 aliphatic carbocycles. The fourth-order valence-electron chi connectivity index (χ4n) is 5.13. The summed E-state index contributed by atoms with van der Waals surface area (Å²) in [7, 11) is 0. The topological polar surface area (TPSA) is 0 Å². The Kier molecular flexibility index (Phi) is 5.10. The van der Waals surface area contributed by atoms with Gasteiger partial charge in [-0.2, -0.15) is 0 Å². The van der Waals surface area contributed by atoms with Crippen molar-refractivity contribution >= 4 is 52.5 Å². The molecule has 0 saturated carbocycles. The first kappa shape index (κ1) is 20.0. The van der Waals surface area contributed by atoms with Crippen molar-refractivity contribution in [3.8, 4) is 0 Å². The molecule has 0 heterocycles. The van der Waals surface area contributed by atoms with Crippen molar-refractivity contribution in [1.82, 2.24) is 0 Å². The average molecular weight is 483 g/mol. The van der Waals surface area contributed by atoms with Gasteiger partial charge in [0.05, 0.1) is 0 Å². The van der Waals surface area contributed by atoms with E-state index in [1.54, 1.807) is 0 Å². The van der Waals surface area contributed by atoms with Gasteiger partial charge in [-0.05, 0) is 0 Å². The molecule has 156 valence electrons. The molecule has 6 aromatic rings. The second-order valence-electron chi connectivity index (χ2n) is 8.34. The molecular formula is C32H24As+. The second-order valence-corrected chi connectivity index (χ2v) is 15.4. The van der Waals surface area contributed by atoms with Gasteiger partial charge < -0.3 is 0 Å². The van der Waals surface area contributed by atoms with E-state index in [2.05, 4.69) is 146 Å². The van der Waals surface area contributed by atoms with Crippen molar-refractivity contribution < 1.29 is 0 Å². The molecule has 6 aromatic carbocycles.